The monoisotopic (exact) mass is 328 g/mol. The van der Waals surface area contributed by atoms with Crippen LogP contribution < -0.4 is 10.5 Å². The molecule has 2 rings (SSSR count). The van der Waals surface area contributed by atoms with E-state index in [1.807, 2.05) is 13.0 Å². The highest BCUT2D eigenvalue weighted by atomic mass is 35.5. The van der Waals surface area contributed by atoms with Crippen molar-refractivity contribution in [2.45, 2.75) is 6.92 Å². The number of nitrogen functional groups attached to an aromatic ring is 1. The molecule has 0 aromatic heterocycles. The second-order valence-electron chi connectivity index (χ2n) is 4.16. The molecular formula is C14H11Cl3N2O. The second-order valence-corrected chi connectivity index (χ2v) is 5.39. The molecule has 0 radical (unpaired) electrons. The van der Waals surface area contributed by atoms with Crippen LogP contribution in [0.4, 0.5) is 0 Å². The van der Waals surface area contributed by atoms with Crippen LogP contribution in [0.2, 0.25) is 15.1 Å². The minimum absolute atomic E-state index is 0.0834. The zero-order valence-corrected chi connectivity index (χ0v) is 12.8. The first-order valence-electron chi connectivity index (χ1n) is 5.66. The molecule has 104 valence electrons. The van der Waals surface area contributed by atoms with Crippen LogP contribution in [-0.4, -0.2) is 5.84 Å². The fraction of sp³-hybridized carbons (Fsp3) is 0.0714. The Kier molecular flexibility index (Phi) is 4.43. The molecule has 0 aliphatic heterocycles. The topological polar surface area (TPSA) is 59.1 Å². The van der Waals surface area contributed by atoms with E-state index < -0.39 is 0 Å². The number of para-hydroxylation sites is 1. The van der Waals surface area contributed by atoms with Gasteiger partial charge in [-0.3, -0.25) is 5.41 Å². The molecule has 0 bridgehead atoms. The number of ether oxygens (including phenoxy) is 1. The maximum atomic E-state index is 7.59. The summed E-state index contributed by atoms with van der Waals surface area (Å²) in [6.07, 6.45) is 0. The van der Waals surface area contributed by atoms with E-state index in [2.05, 4.69) is 0 Å². The van der Waals surface area contributed by atoms with E-state index in [1.165, 1.54) is 12.1 Å². The van der Waals surface area contributed by atoms with Crippen molar-refractivity contribution in [3.8, 4) is 11.5 Å². The normalized spacial score (nSPS) is 10.4. The Balaban J connectivity index is 2.50. The highest BCUT2D eigenvalue weighted by Gasteiger charge is 2.14. The van der Waals surface area contributed by atoms with Crippen molar-refractivity contribution in [1.29, 1.82) is 5.41 Å². The van der Waals surface area contributed by atoms with E-state index in [0.717, 1.165) is 5.56 Å². The first kappa shape index (κ1) is 15.0. The second kappa shape index (κ2) is 5.92. The molecule has 0 fully saturated rings. The van der Waals surface area contributed by atoms with Gasteiger partial charge in [0.05, 0.1) is 20.6 Å². The average Bonchev–Trinajstić information content (AvgIpc) is 2.37. The van der Waals surface area contributed by atoms with Gasteiger partial charge in [0.1, 0.15) is 17.3 Å². The summed E-state index contributed by atoms with van der Waals surface area (Å²) in [5.41, 5.74) is 6.88. The van der Waals surface area contributed by atoms with Gasteiger partial charge in [-0.25, -0.2) is 0 Å². The molecule has 0 aliphatic rings. The summed E-state index contributed by atoms with van der Waals surface area (Å²) in [7, 11) is 0. The number of rotatable bonds is 3. The maximum Gasteiger partial charge on any atom is 0.147 e. The lowest BCUT2D eigenvalue weighted by atomic mass is 10.1. The van der Waals surface area contributed by atoms with Gasteiger partial charge >= 0.3 is 0 Å². The molecule has 0 saturated carbocycles. The molecule has 3 N–H and O–H groups in total. The molecule has 2 aromatic rings. The third-order valence-electron chi connectivity index (χ3n) is 2.69. The number of benzene rings is 2. The Labute approximate surface area is 131 Å². The van der Waals surface area contributed by atoms with E-state index in [4.69, 9.17) is 50.7 Å². The van der Waals surface area contributed by atoms with Gasteiger partial charge in [-0.15, -0.1) is 0 Å². The van der Waals surface area contributed by atoms with Crippen LogP contribution in [-0.2, 0) is 0 Å². The predicted octanol–water partition coefficient (Wildman–Crippen LogP) is 5.03. The van der Waals surface area contributed by atoms with Crippen molar-refractivity contribution >= 4 is 40.6 Å². The Morgan fingerprint density at radius 3 is 2.40 bits per heavy atom. The number of halogens is 3. The van der Waals surface area contributed by atoms with Crippen LogP contribution in [0.3, 0.4) is 0 Å². The van der Waals surface area contributed by atoms with Crippen LogP contribution in [0.5, 0.6) is 11.5 Å². The van der Waals surface area contributed by atoms with Crippen LogP contribution in [0.15, 0.2) is 30.3 Å². The van der Waals surface area contributed by atoms with E-state index in [1.54, 1.807) is 12.1 Å². The van der Waals surface area contributed by atoms with E-state index in [-0.39, 0.29) is 5.84 Å². The molecule has 0 saturated heterocycles. The number of nitrogens with one attached hydrogen (secondary N) is 1. The van der Waals surface area contributed by atoms with Crippen molar-refractivity contribution in [2.75, 3.05) is 0 Å². The number of nitrogens with two attached hydrogens (primary N) is 1. The Morgan fingerprint density at radius 2 is 1.75 bits per heavy atom. The third kappa shape index (κ3) is 3.01. The van der Waals surface area contributed by atoms with Crippen molar-refractivity contribution in [2.24, 2.45) is 5.73 Å². The van der Waals surface area contributed by atoms with Gasteiger partial charge < -0.3 is 10.5 Å². The highest BCUT2D eigenvalue weighted by Crippen LogP contribution is 2.38. The molecular weight excluding hydrogens is 319 g/mol. The standard InChI is InChI=1S/C14H11Cl3N2O/c1-7-3-2-4-8(14(18)19)13(7)20-12-6-10(16)9(15)5-11(12)17/h2-6H,1H3,(H3,18,19). The number of aryl methyl sites for hydroxylation is 1. The lowest BCUT2D eigenvalue weighted by Crippen LogP contribution is -2.12. The summed E-state index contributed by atoms with van der Waals surface area (Å²) in [5, 5.41) is 8.60. The fourth-order valence-electron chi connectivity index (χ4n) is 1.69. The molecule has 0 amide bonds. The number of amidine groups is 1. The van der Waals surface area contributed by atoms with Crippen LogP contribution in [0.25, 0.3) is 0 Å². The zero-order chi connectivity index (χ0) is 14.9. The molecule has 0 atom stereocenters. The molecule has 3 nitrogen and oxygen atoms in total. The summed E-state index contributed by atoms with van der Waals surface area (Å²) in [6, 6.07) is 8.40. The SMILES string of the molecule is Cc1cccc(C(=N)N)c1Oc1cc(Cl)c(Cl)cc1Cl. The summed E-state index contributed by atoms with van der Waals surface area (Å²) >= 11 is 17.9. The van der Waals surface area contributed by atoms with Gasteiger partial charge in [0.2, 0.25) is 0 Å². The van der Waals surface area contributed by atoms with Crippen LogP contribution in [0, 0.1) is 12.3 Å². The molecule has 0 heterocycles. The Bertz CT molecular complexity index is 686. The van der Waals surface area contributed by atoms with Gasteiger partial charge in [0, 0.05) is 6.07 Å². The zero-order valence-electron chi connectivity index (χ0n) is 10.5. The van der Waals surface area contributed by atoms with Gasteiger partial charge in [0.25, 0.3) is 0 Å². The van der Waals surface area contributed by atoms with Crippen LogP contribution >= 0.6 is 34.8 Å². The van der Waals surface area contributed by atoms with Gasteiger partial charge in [-0.2, -0.15) is 0 Å². The number of hydrogen-bond acceptors (Lipinski definition) is 2. The molecule has 0 spiro atoms. The minimum Gasteiger partial charge on any atom is -0.455 e. The average molecular weight is 330 g/mol. The summed E-state index contributed by atoms with van der Waals surface area (Å²) in [5.74, 6) is 0.748. The van der Waals surface area contributed by atoms with Crippen molar-refractivity contribution in [1.82, 2.24) is 0 Å². The van der Waals surface area contributed by atoms with Crippen molar-refractivity contribution in [3.63, 3.8) is 0 Å². The predicted molar refractivity (Wildman–Crippen MR) is 83.7 cm³/mol. The quantitative estimate of drug-likeness (QED) is 0.471. The first-order valence-corrected chi connectivity index (χ1v) is 6.80. The fourth-order valence-corrected chi connectivity index (χ4v) is 2.27. The molecule has 20 heavy (non-hydrogen) atoms. The van der Waals surface area contributed by atoms with Gasteiger partial charge in [-0.1, -0.05) is 46.9 Å². The lowest BCUT2D eigenvalue weighted by Gasteiger charge is -2.14. The Hall–Kier alpha value is -1.42. The highest BCUT2D eigenvalue weighted by molar-refractivity contribution is 6.43. The molecule has 0 unspecified atom stereocenters. The number of hydrogen-bond donors (Lipinski definition) is 2. The molecule has 6 heteroatoms. The summed E-state index contributed by atoms with van der Waals surface area (Å²) < 4.78 is 5.77. The molecule has 0 aliphatic carbocycles. The van der Waals surface area contributed by atoms with Crippen LogP contribution in [0.1, 0.15) is 11.1 Å². The first-order chi connectivity index (χ1) is 9.40. The van der Waals surface area contributed by atoms with Crippen molar-refractivity contribution < 1.29 is 4.74 Å². The van der Waals surface area contributed by atoms with Gasteiger partial charge in [0.15, 0.2) is 0 Å². The van der Waals surface area contributed by atoms with E-state index in [9.17, 15) is 0 Å². The van der Waals surface area contributed by atoms with Crippen molar-refractivity contribution in [3.05, 3.63) is 56.5 Å². The third-order valence-corrected chi connectivity index (χ3v) is 3.71. The summed E-state index contributed by atoms with van der Waals surface area (Å²) in [6.45, 7) is 1.85. The van der Waals surface area contributed by atoms with Gasteiger partial charge in [-0.05, 0) is 24.6 Å². The summed E-state index contributed by atoms with van der Waals surface area (Å²) in [4.78, 5) is 0. The van der Waals surface area contributed by atoms with E-state index in [0.29, 0.717) is 32.1 Å². The lowest BCUT2D eigenvalue weighted by molar-refractivity contribution is 0.478. The maximum absolute atomic E-state index is 7.59. The Morgan fingerprint density at radius 1 is 1.10 bits per heavy atom. The largest absolute Gasteiger partial charge is 0.455 e. The minimum atomic E-state index is -0.0834. The molecule has 2 aromatic carbocycles. The smallest absolute Gasteiger partial charge is 0.147 e. The van der Waals surface area contributed by atoms with E-state index >= 15 is 0 Å².